The fourth-order valence-corrected chi connectivity index (χ4v) is 3.42. The normalized spacial score (nSPS) is 11.8. The zero-order valence-electron chi connectivity index (χ0n) is 15.7. The molecule has 0 amide bonds. The Balaban J connectivity index is 1.69. The molecule has 4 nitrogen and oxygen atoms in total. The Morgan fingerprint density at radius 2 is 1.72 bits per heavy atom. The lowest BCUT2D eigenvalue weighted by molar-refractivity contribution is -0.144. The van der Waals surface area contributed by atoms with Crippen molar-refractivity contribution in [1.29, 1.82) is 0 Å². The fraction of sp³-hybridized carbons (Fsp3) is 0.136. The van der Waals surface area contributed by atoms with Gasteiger partial charge >= 0.3 is 6.18 Å². The van der Waals surface area contributed by atoms with Crippen LogP contribution in [0.25, 0.3) is 22.0 Å². The van der Waals surface area contributed by atoms with Crippen molar-refractivity contribution in [1.82, 2.24) is 14.5 Å². The van der Waals surface area contributed by atoms with Gasteiger partial charge < -0.3 is 4.57 Å². The molecule has 146 valence electrons. The van der Waals surface area contributed by atoms with Crippen molar-refractivity contribution in [2.24, 2.45) is 7.05 Å². The summed E-state index contributed by atoms with van der Waals surface area (Å²) in [7, 11) is 1.89. The highest BCUT2D eigenvalue weighted by Gasteiger charge is 2.34. The SMILES string of the molecule is Cc1cc(C(=O)c2cn(C)c3ccccc23)ccc1-c1cnc(C(F)(F)F)nc1. The largest absolute Gasteiger partial charge is 0.451 e. The number of halogens is 3. The summed E-state index contributed by atoms with van der Waals surface area (Å²) >= 11 is 0. The Hall–Kier alpha value is -3.48. The Kier molecular flexibility index (Phi) is 4.45. The van der Waals surface area contributed by atoms with Gasteiger partial charge in [-0.3, -0.25) is 4.79 Å². The van der Waals surface area contributed by atoms with Gasteiger partial charge in [0.2, 0.25) is 5.82 Å². The van der Waals surface area contributed by atoms with Gasteiger partial charge in [-0.15, -0.1) is 0 Å². The molecule has 2 aromatic carbocycles. The van der Waals surface area contributed by atoms with Crippen LogP contribution >= 0.6 is 0 Å². The van der Waals surface area contributed by atoms with Gasteiger partial charge in [0.25, 0.3) is 0 Å². The lowest BCUT2D eigenvalue weighted by Crippen LogP contribution is -2.10. The average Bonchev–Trinajstić information content (AvgIpc) is 3.04. The molecule has 0 aliphatic carbocycles. The molecule has 0 atom stereocenters. The summed E-state index contributed by atoms with van der Waals surface area (Å²) < 4.78 is 39.9. The summed E-state index contributed by atoms with van der Waals surface area (Å²) in [4.78, 5) is 19.9. The lowest BCUT2D eigenvalue weighted by Gasteiger charge is -2.09. The number of hydrogen-bond donors (Lipinski definition) is 0. The highest BCUT2D eigenvalue weighted by Crippen LogP contribution is 2.29. The van der Waals surface area contributed by atoms with E-state index in [9.17, 15) is 18.0 Å². The number of fused-ring (bicyclic) bond motifs is 1. The standard InChI is InChI=1S/C22H16F3N3O/c1-13-9-14(20(29)18-12-28(2)19-6-4-3-5-17(18)19)7-8-16(13)15-10-26-21(27-11-15)22(23,24)25/h3-12H,1-2H3. The van der Waals surface area contributed by atoms with Crippen LogP contribution in [0.2, 0.25) is 0 Å². The summed E-state index contributed by atoms with van der Waals surface area (Å²) in [6, 6.07) is 12.8. The third kappa shape index (κ3) is 3.40. The van der Waals surface area contributed by atoms with Gasteiger partial charge in [0.1, 0.15) is 0 Å². The van der Waals surface area contributed by atoms with Gasteiger partial charge in [-0.05, 0) is 30.2 Å². The maximum Gasteiger partial charge on any atom is 0.451 e. The molecular formula is C22H16F3N3O. The first-order valence-electron chi connectivity index (χ1n) is 8.85. The van der Waals surface area contributed by atoms with Crippen LogP contribution < -0.4 is 0 Å². The third-order valence-corrected chi connectivity index (χ3v) is 4.85. The molecular weight excluding hydrogens is 379 g/mol. The maximum absolute atomic E-state index is 13.1. The van der Waals surface area contributed by atoms with E-state index in [-0.39, 0.29) is 5.78 Å². The van der Waals surface area contributed by atoms with E-state index in [0.717, 1.165) is 28.9 Å². The molecule has 0 aliphatic rings. The van der Waals surface area contributed by atoms with Crippen molar-refractivity contribution in [2.75, 3.05) is 0 Å². The predicted octanol–water partition coefficient (Wildman–Crippen LogP) is 5.19. The van der Waals surface area contributed by atoms with Crippen LogP contribution in [0.15, 0.2) is 61.1 Å². The molecule has 4 aromatic rings. The van der Waals surface area contributed by atoms with E-state index in [2.05, 4.69) is 9.97 Å². The number of ketones is 1. The van der Waals surface area contributed by atoms with Crippen LogP contribution in [0, 0.1) is 6.92 Å². The number of aromatic nitrogens is 3. The van der Waals surface area contributed by atoms with Crippen LogP contribution in [0.1, 0.15) is 27.3 Å². The predicted molar refractivity (Wildman–Crippen MR) is 104 cm³/mol. The second kappa shape index (κ2) is 6.84. The number of hydrogen-bond acceptors (Lipinski definition) is 3. The van der Waals surface area contributed by atoms with Gasteiger partial charge in [-0.25, -0.2) is 9.97 Å². The minimum atomic E-state index is -4.58. The molecule has 0 spiro atoms. The number of benzene rings is 2. The van der Waals surface area contributed by atoms with Crippen LogP contribution in [-0.2, 0) is 13.2 Å². The minimum Gasteiger partial charge on any atom is -0.350 e. The molecule has 29 heavy (non-hydrogen) atoms. The highest BCUT2D eigenvalue weighted by atomic mass is 19.4. The van der Waals surface area contributed by atoms with Crippen LogP contribution in [-0.4, -0.2) is 20.3 Å². The van der Waals surface area contributed by atoms with Crippen molar-refractivity contribution < 1.29 is 18.0 Å². The van der Waals surface area contributed by atoms with Crippen molar-refractivity contribution in [3.8, 4) is 11.1 Å². The third-order valence-electron chi connectivity index (χ3n) is 4.85. The number of carbonyl (C=O) groups is 1. The number of carbonyl (C=O) groups excluding carboxylic acids is 1. The van der Waals surface area contributed by atoms with Crippen LogP contribution in [0.3, 0.4) is 0 Å². The van der Waals surface area contributed by atoms with E-state index in [1.165, 1.54) is 0 Å². The minimum absolute atomic E-state index is 0.111. The Bertz CT molecular complexity index is 1220. The van der Waals surface area contributed by atoms with Crippen molar-refractivity contribution in [3.63, 3.8) is 0 Å². The van der Waals surface area contributed by atoms with E-state index >= 15 is 0 Å². The lowest BCUT2D eigenvalue weighted by atomic mass is 9.96. The average molecular weight is 395 g/mol. The Morgan fingerprint density at radius 1 is 1.03 bits per heavy atom. The number of rotatable bonds is 3. The molecule has 0 saturated carbocycles. The van der Waals surface area contributed by atoms with Gasteiger partial charge in [0, 0.05) is 53.2 Å². The summed E-state index contributed by atoms with van der Waals surface area (Å²) in [6.45, 7) is 1.80. The first-order chi connectivity index (χ1) is 13.8. The van der Waals surface area contributed by atoms with E-state index < -0.39 is 12.0 Å². The zero-order chi connectivity index (χ0) is 20.8. The molecule has 0 radical (unpaired) electrons. The van der Waals surface area contributed by atoms with Crippen LogP contribution in [0.4, 0.5) is 13.2 Å². The summed E-state index contributed by atoms with van der Waals surface area (Å²) in [5, 5.41) is 0.873. The molecule has 4 rings (SSSR count). The first kappa shape index (κ1) is 18.9. The number of para-hydroxylation sites is 1. The summed E-state index contributed by atoms with van der Waals surface area (Å²) in [6.07, 6.45) is -0.489. The zero-order valence-corrected chi connectivity index (χ0v) is 15.7. The van der Waals surface area contributed by atoms with Gasteiger partial charge in [-0.2, -0.15) is 13.2 Å². The number of alkyl halides is 3. The molecule has 2 heterocycles. The van der Waals surface area contributed by atoms with Gasteiger partial charge in [0.15, 0.2) is 5.78 Å². The molecule has 0 bridgehead atoms. The Morgan fingerprint density at radius 3 is 2.38 bits per heavy atom. The Labute approximate surface area is 164 Å². The first-order valence-corrected chi connectivity index (χ1v) is 8.85. The number of nitrogens with zero attached hydrogens (tertiary/aromatic N) is 3. The van der Waals surface area contributed by atoms with Gasteiger partial charge in [-0.1, -0.05) is 30.3 Å². The highest BCUT2D eigenvalue weighted by molar-refractivity contribution is 6.16. The summed E-state index contributed by atoms with van der Waals surface area (Å²) in [5.41, 5.74) is 3.96. The van der Waals surface area contributed by atoms with E-state index in [1.54, 1.807) is 31.3 Å². The molecule has 0 N–H and O–H groups in total. The summed E-state index contributed by atoms with van der Waals surface area (Å²) in [5.74, 6) is -1.29. The number of aryl methyl sites for hydroxylation is 2. The van der Waals surface area contributed by atoms with Crippen molar-refractivity contribution >= 4 is 16.7 Å². The topological polar surface area (TPSA) is 47.8 Å². The second-order valence-corrected chi connectivity index (χ2v) is 6.82. The molecule has 0 unspecified atom stereocenters. The fourth-order valence-electron chi connectivity index (χ4n) is 3.42. The van der Waals surface area contributed by atoms with Gasteiger partial charge in [0.05, 0.1) is 0 Å². The second-order valence-electron chi connectivity index (χ2n) is 6.82. The van der Waals surface area contributed by atoms with E-state index in [0.29, 0.717) is 22.3 Å². The van der Waals surface area contributed by atoms with Crippen LogP contribution in [0.5, 0.6) is 0 Å². The molecule has 0 aliphatic heterocycles. The quantitative estimate of drug-likeness (QED) is 0.449. The van der Waals surface area contributed by atoms with Crippen molar-refractivity contribution in [2.45, 2.75) is 13.1 Å². The molecule has 2 aromatic heterocycles. The molecule has 0 fully saturated rings. The molecule has 0 saturated heterocycles. The van der Waals surface area contributed by atoms with E-state index in [1.807, 2.05) is 35.9 Å². The maximum atomic E-state index is 13.1. The smallest absolute Gasteiger partial charge is 0.350 e. The van der Waals surface area contributed by atoms with Crippen molar-refractivity contribution in [3.05, 3.63) is 83.6 Å². The molecule has 7 heteroatoms. The monoisotopic (exact) mass is 395 g/mol. The van der Waals surface area contributed by atoms with E-state index in [4.69, 9.17) is 0 Å².